The molecule has 0 unspecified atom stereocenters. The third-order valence-electron chi connectivity index (χ3n) is 4.29. The van der Waals surface area contributed by atoms with Crippen LogP contribution in [0.25, 0.3) is 0 Å². The van der Waals surface area contributed by atoms with Crippen LogP contribution < -0.4 is 5.32 Å². The molecule has 2 aromatic carbocycles. The van der Waals surface area contributed by atoms with Gasteiger partial charge in [-0.1, -0.05) is 60.7 Å². The predicted octanol–water partition coefficient (Wildman–Crippen LogP) is 1.80. The zero-order chi connectivity index (χ0) is 16.2. The van der Waals surface area contributed by atoms with E-state index in [1.54, 1.807) is 11.9 Å². The molecule has 23 heavy (non-hydrogen) atoms. The minimum Gasteiger partial charge on any atom is -0.342 e. The Bertz CT molecular complexity index is 685. The Kier molecular flexibility index (Phi) is 4.42. The van der Waals surface area contributed by atoms with Crippen molar-refractivity contribution in [1.29, 1.82) is 0 Å². The Hall–Kier alpha value is -2.62. The van der Waals surface area contributed by atoms with Crippen LogP contribution in [-0.4, -0.2) is 35.8 Å². The number of amides is 2. The fraction of sp³-hybridized carbons (Fsp3) is 0.263. The monoisotopic (exact) mass is 308 g/mol. The molecule has 0 radical (unpaired) electrons. The van der Waals surface area contributed by atoms with E-state index in [1.807, 2.05) is 60.7 Å². The Morgan fingerprint density at radius 2 is 1.39 bits per heavy atom. The van der Waals surface area contributed by atoms with Gasteiger partial charge in [0.2, 0.25) is 11.8 Å². The third kappa shape index (κ3) is 3.42. The number of nitrogens with one attached hydrogen (secondary N) is 1. The van der Waals surface area contributed by atoms with E-state index >= 15 is 0 Å². The molecular weight excluding hydrogens is 288 g/mol. The maximum absolute atomic E-state index is 12.6. The highest BCUT2D eigenvalue weighted by Gasteiger charge is 2.38. The second-order valence-electron chi connectivity index (χ2n) is 5.91. The zero-order valence-electron chi connectivity index (χ0n) is 13.1. The van der Waals surface area contributed by atoms with Crippen molar-refractivity contribution < 1.29 is 9.59 Å². The number of hydrogen-bond donors (Lipinski definition) is 1. The van der Waals surface area contributed by atoms with Crippen molar-refractivity contribution in [3.05, 3.63) is 71.8 Å². The largest absolute Gasteiger partial charge is 0.342 e. The summed E-state index contributed by atoms with van der Waals surface area (Å²) in [5, 5.41) is 2.89. The fourth-order valence-electron chi connectivity index (χ4n) is 2.96. The van der Waals surface area contributed by atoms with Gasteiger partial charge in [-0.2, -0.15) is 0 Å². The molecule has 0 saturated carbocycles. The Balaban J connectivity index is 1.71. The third-order valence-corrected chi connectivity index (χ3v) is 4.29. The second kappa shape index (κ2) is 6.65. The summed E-state index contributed by atoms with van der Waals surface area (Å²) in [5.74, 6) is -0.119. The summed E-state index contributed by atoms with van der Waals surface area (Å²) >= 11 is 0. The number of carbonyl (C=O) groups is 2. The summed E-state index contributed by atoms with van der Waals surface area (Å²) in [7, 11) is 1.71. The topological polar surface area (TPSA) is 49.4 Å². The van der Waals surface area contributed by atoms with Gasteiger partial charge in [-0.15, -0.1) is 0 Å². The van der Waals surface area contributed by atoms with Crippen molar-refractivity contribution >= 4 is 11.8 Å². The van der Waals surface area contributed by atoms with Crippen molar-refractivity contribution in [2.75, 3.05) is 7.05 Å². The quantitative estimate of drug-likeness (QED) is 0.936. The van der Waals surface area contributed by atoms with Gasteiger partial charge in [0, 0.05) is 19.9 Å². The van der Waals surface area contributed by atoms with Crippen molar-refractivity contribution in [2.24, 2.45) is 0 Å². The van der Waals surface area contributed by atoms with Gasteiger partial charge < -0.3 is 10.2 Å². The number of nitrogens with zero attached hydrogens (tertiary/aromatic N) is 1. The van der Waals surface area contributed by atoms with Crippen LogP contribution in [0.1, 0.15) is 11.1 Å². The lowest BCUT2D eigenvalue weighted by Gasteiger charge is -2.36. The highest BCUT2D eigenvalue weighted by atomic mass is 16.2. The van der Waals surface area contributed by atoms with Crippen LogP contribution in [0.15, 0.2) is 60.7 Å². The van der Waals surface area contributed by atoms with Gasteiger partial charge in [-0.05, 0) is 11.1 Å². The van der Waals surface area contributed by atoms with E-state index in [9.17, 15) is 9.59 Å². The maximum atomic E-state index is 12.6. The average Bonchev–Trinajstić information content (AvgIpc) is 2.58. The van der Waals surface area contributed by atoms with Crippen LogP contribution in [0.4, 0.5) is 0 Å². The number of rotatable bonds is 4. The first-order chi connectivity index (χ1) is 11.1. The van der Waals surface area contributed by atoms with Gasteiger partial charge >= 0.3 is 0 Å². The van der Waals surface area contributed by atoms with Gasteiger partial charge in [0.1, 0.15) is 12.1 Å². The van der Waals surface area contributed by atoms with Crippen molar-refractivity contribution in [3.8, 4) is 0 Å². The van der Waals surface area contributed by atoms with Gasteiger partial charge in [-0.3, -0.25) is 9.59 Å². The lowest BCUT2D eigenvalue weighted by atomic mass is 9.97. The van der Waals surface area contributed by atoms with Crippen LogP contribution in [0.2, 0.25) is 0 Å². The van der Waals surface area contributed by atoms with E-state index in [1.165, 1.54) is 0 Å². The summed E-state index contributed by atoms with van der Waals surface area (Å²) in [4.78, 5) is 26.6. The van der Waals surface area contributed by atoms with E-state index in [4.69, 9.17) is 0 Å². The highest BCUT2D eigenvalue weighted by Crippen LogP contribution is 2.16. The lowest BCUT2D eigenvalue weighted by Crippen LogP contribution is -2.63. The van der Waals surface area contributed by atoms with E-state index in [-0.39, 0.29) is 11.8 Å². The highest BCUT2D eigenvalue weighted by molar-refractivity contribution is 5.97. The van der Waals surface area contributed by atoms with Gasteiger partial charge in [0.15, 0.2) is 0 Å². The molecule has 1 aliphatic rings. The summed E-state index contributed by atoms with van der Waals surface area (Å²) in [6.07, 6.45) is 1.06. The molecule has 0 aliphatic carbocycles. The van der Waals surface area contributed by atoms with Crippen molar-refractivity contribution in [3.63, 3.8) is 0 Å². The molecule has 4 nitrogen and oxygen atoms in total. The Labute approximate surface area is 136 Å². The number of carbonyl (C=O) groups excluding carboxylic acids is 2. The molecule has 1 fully saturated rings. The zero-order valence-corrected chi connectivity index (χ0v) is 13.1. The van der Waals surface area contributed by atoms with Crippen molar-refractivity contribution in [1.82, 2.24) is 10.2 Å². The van der Waals surface area contributed by atoms with Gasteiger partial charge in [-0.25, -0.2) is 0 Å². The predicted molar refractivity (Wildman–Crippen MR) is 88.8 cm³/mol. The maximum Gasteiger partial charge on any atom is 0.245 e. The first-order valence-corrected chi connectivity index (χ1v) is 7.80. The lowest BCUT2D eigenvalue weighted by molar-refractivity contribution is -0.147. The molecule has 4 heteroatoms. The second-order valence-corrected chi connectivity index (χ2v) is 5.91. The van der Waals surface area contributed by atoms with E-state index in [0.29, 0.717) is 12.8 Å². The number of benzene rings is 2. The molecule has 1 aliphatic heterocycles. The average molecular weight is 308 g/mol. The van der Waals surface area contributed by atoms with Crippen molar-refractivity contribution in [2.45, 2.75) is 24.9 Å². The smallest absolute Gasteiger partial charge is 0.245 e. The minimum absolute atomic E-state index is 0.0330. The molecule has 0 bridgehead atoms. The minimum atomic E-state index is -0.484. The van der Waals surface area contributed by atoms with Crippen LogP contribution >= 0.6 is 0 Å². The Morgan fingerprint density at radius 3 is 1.96 bits per heavy atom. The first kappa shape index (κ1) is 15.3. The first-order valence-electron chi connectivity index (χ1n) is 7.80. The summed E-state index contributed by atoms with van der Waals surface area (Å²) in [6.45, 7) is 0. The molecule has 0 aromatic heterocycles. The normalized spacial score (nSPS) is 21.2. The molecule has 0 spiro atoms. The fourth-order valence-corrected chi connectivity index (χ4v) is 2.96. The molecule has 3 rings (SSSR count). The molecule has 2 atom stereocenters. The Morgan fingerprint density at radius 1 is 0.870 bits per heavy atom. The van der Waals surface area contributed by atoms with E-state index in [2.05, 4.69) is 5.32 Å². The molecule has 118 valence electrons. The van der Waals surface area contributed by atoms with E-state index < -0.39 is 12.1 Å². The number of piperazine rings is 1. The van der Waals surface area contributed by atoms with E-state index in [0.717, 1.165) is 11.1 Å². The number of hydrogen-bond acceptors (Lipinski definition) is 2. The standard InChI is InChI=1S/C19H20N2O2/c1-21-17(13-15-10-6-3-7-11-15)18(22)20-16(19(21)23)12-14-8-4-2-5-9-14/h2-11,16-17H,12-13H2,1H3,(H,20,22)/t16-,17-/m0/s1. The molecule has 1 heterocycles. The molecule has 2 amide bonds. The number of likely N-dealkylation sites (N-methyl/N-ethyl adjacent to an activating group) is 1. The van der Waals surface area contributed by atoms with Crippen LogP contribution in [0.3, 0.4) is 0 Å². The summed E-state index contributed by atoms with van der Waals surface area (Å²) < 4.78 is 0. The summed E-state index contributed by atoms with van der Waals surface area (Å²) in [5.41, 5.74) is 2.09. The van der Waals surface area contributed by atoms with Crippen LogP contribution in [0.5, 0.6) is 0 Å². The van der Waals surface area contributed by atoms with Gasteiger partial charge in [0.05, 0.1) is 0 Å². The van der Waals surface area contributed by atoms with Crippen LogP contribution in [0, 0.1) is 0 Å². The van der Waals surface area contributed by atoms with Gasteiger partial charge in [0.25, 0.3) is 0 Å². The summed E-state index contributed by atoms with van der Waals surface area (Å²) in [6, 6.07) is 18.6. The molecular formula is C19H20N2O2. The molecule has 2 aromatic rings. The molecule has 1 saturated heterocycles. The SMILES string of the molecule is CN1C(=O)[C@H](Cc2ccccc2)NC(=O)[C@@H]1Cc1ccccc1. The van der Waals surface area contributed by atoms with Crippen LogP contribution in [-0.2, 0) is 22.4 Å². The molecule has 1 N–H and O–H groups in total.